The largest absolute Gasteiger partial charge is 0.491 e. The topological polar surface area (TPSA) is 55.4 Å². The summed E-state index contributed by atoms with van der Waals surface area (Å²) in [6.45, 7) is 1.35. The Morgan fingerprint density at radius 1 is 1.04 bits per heavy atom. The number of hydrogen-bond acceptors (Lipinski definition) is 3. The SMILES string of the molecule is COc1c(F)c(F)c(S(=O)(=O)NC(C)c2ccccc2Cl)c(F)c1F. The van der Waals surface area contributed by atoms with Crippen molar-refractivity contribution in [3.05, 3.63) is 58.1 Å². The van der Waals surface area contributed by atoms with Gasteiger partial charge in [0.15, 0.2) is 22.3 Å². The van der Waals surface area contributed by atoms with Gasteiger partial charge < -0.3 is 4.74 Å². The second-order valence-electron chi connectivity index (χ2n) is 4.98. The van der Waals surface area contributed by atoms with Crippen LogP contribution in [0.5, 0.6) is 5.75 Å². The van der Waals surface area contributed by atoms with E-state index in [-0.39, 0.29) is 5.02 Å². The summed E-state index contributed by atoms with van der Waals surface area (Å²) in [5.41, 5.74) is 0.308. The number of benzene rings is 2. The van der Waals surface area contributed by atoms with Crippen LogP contribution >= 0.6 is 11.6 Å². The summed E-state index contributed by atoms with van der Waals surface area (Å²) in [6, 6.07) is 5.11. The summed E-state index contributed by atoms with van der Waals surface area (Å²) in [5, 5.41) is 0.200. The molecule has 1 N–H and O–H groups in total. The van der Waals surface area contributed by atoms with E-state index in [1.54, 1.807) is 12.1 Å². The highest BCUT2D eigenvalue weighted by molar-refractivity contribution is 7.89. The Hall–Kier alpha value is -1.84. The van der Waals surface area contributed by atoms with Crippen molar-refractivity contribution in [1.29, 1.82) is 0 Å². The van der Waals surface area contributed by atoms with Gasteiger partial charge >= 0.3 is 0 Å². The first-order valence-electron chi connectivity index (χ1n) is 6.78. The summed E-state index contributed by atoms with van der Waals surface area (Å²) in [6.07, 6.45) is 0. The second-order valence-corrected chi connectivity index (χ2v) is 7.04. The molecular formula is C15H12ClF4NO3S. The molecular weight excluding hydrogens is 386 g/mol. The third kappa shape index (κ3) is 3.58. The van der Waals surface area contributed by atoms with Crippen molar-refractivity contribution in [2.45, 2.75) is 17.9 Å². The number of sulfonamides is 1. The van der Waals surface area contributed by atoms with E-state index in [1.807, 2.05) is 4.72 Å². The highest BCUT2D eigenvalue weighted by Crippen LogP contribution is 2.33. The Morgan fingerprint density at radius 3 is 2.04 bits per heavy atom. The molecule has 0 saturated carbocycles. The first kappa shape index (κ1) is 19.5. The molecule has 10 heteroatoms. The molecule has 0 amide bonds. The molecule has 1 atom stereocenters. The van der Waals surface area contributed by atoms with Gasteiger partial charge in [0.25, 0.3) is 0 Å². The maximum Gasteiger partial charge on any atom is 0.247 e. The predicted molar refractivity (Wildman–Crippen MR) is 83.0 cm³/mol. The normalized spacial score (nSPS) is 12.9. The van der Waals surface area contributed by atoms with Gasteiger partial charge in [0.1, 0.15) is 0 Å². The maximum absolute atomic E-state index is 14.0. The molecule has 4 nitrogen and oxygen atoms in total. The Bertz CT molecular complexity index is 892. The van der Waals surface area contributed by atoms with Crippen LogP contribution in [0.3, 0.4) is 0 Å². The summed E-state index contributed by atoms with van der Waals surface area (Å²) in [4.78, 5) is -1.78. The molecule has 0 saturated heterocycles. The van der Waals surface area contributed by atoms with Crippen molar-refractivity contribution < 1.29 is 30.7 Å². The van der Waals surface area contributed by atoms with Crippen LogP contribution in [0.1, 0.15) is 18.5 Å². The molecule has 0 spiro atoms. The van der Waals surface area contributed by atoms with Gasteiger partial charge in [0, 0.05) is 11.1 Å². The number of rotatable bonds is 5. The zero-order chi connectivity index (χ0) is 18.9. The molecule has 0 heterocycles. The maximum atomic E-state index is 14.0. The van der Waals surface area contributed by atoms with E-state index in [2.05, 4.69) is 4.74 Å². The Balaban J connectivity index is 2.53. The summed E-state index contributed by atoms with van der Waals surface area (Å²) >= 11 is 5.93. The van der Waals surface area contributed by atoms with Crippen LogP contribution in [0.15, 0.2) is 29.2 Å². The molecule has 0 aromatic heterocycles. The molecule has 136 valence electrons. The number of methoxy groups -OCH3 is 1. The van der Waals surface area contributed by atoms with Gasteiger partial charge in [-0.15, -0.1) is 0 Å². The van der Waals surface area contributed by atoms with E-state index >= 15 is 0 Å². The third-order valence-electron chi connectivity index (χ3n) is 3.36. The van der Waals surface area contributed by atoms with Gasteiger partial charge in [-0.05, 0) is 18.6 Å². The Morgan fingerprint density at radius 2 is 1.56 bits per heavy atom. The molecule has 0 aliphatic heterocycles. The minimum absolute atomic E-state index is 0.200. The molecule has 0 fully saturated rings. The lowest BCUT2D eigenvalue weighted by atomic mass is 10.1. The van der Waals surface area contributed by atoms with E-state index in [9.17, 15) is 26.0 Å². The minimum atomic E-state index is -4.95. The van der Waals surface area contributed by atoms with Crippen LogP contribution < -0.4 is 9.46 Å². The van der Waals surface area contributed by atoms with E-state index in [0.717, 1.165) is 7.11 Å². The average molecular weight is 398 g/mol. The fraction of sp³-hybridized carbons (Fsp3) is 0.200. The summed E-state index contributed by atoms with van der Waals surface area (Å²) in [7, 11) is -4.17. The zero-order valence-electron chi connectivity index (χ0n) is 12.9. The Labute approximate surface area is 146 Å². The highest BCUT2D eigenvalue weighted by Gasteiger charge is 2.34. The van der Waals surface area contributed by atoms with Crippen molar-refractivity contribution in [3.63, 3.8) is 0 Å². The molecule has 2 aromatic carbocycles. The van der Waals surface area contributed by atoms with Gasteiger partial charge in [0.05, 0.1) is 7.11 Å². The average Bonchev–Trinajstić information content (AvgIpc) is 2.53. The number of halogens is 5. The molecule has 25 heavy (non-hydrogen) atoms. The second kappa shape index (κ2) is 7.19. The predicted octanol–water partition coefficient (Wildman–Crippen LogP) is 3.94. The number of ether oxygens (including phenoxy) is 1. The zero-order valence-corrected chi connectivity index (χ0v) is 14.5. The standard InChI is InChI=1S/C15H12ClF4NO3S/c1-7(8-5-3-4-6-9(8)16)21-25(22,23)15-12(19)10(17)14(24-2)11(18)13(15)20/h3-7,21H,1-2H3. The van der Waals surface area contributed by atoms with E-state index in [0.29, 0.717) is 5.56 Å². The van der Waals surface area contributed by atoms with Crippen molar-refractivity contribution in [3.8, 4) is 5.75 Å². The summed E-state index contributed by atoms with van der Waals surface area (Å²) in [5.74, 6) is -9.43. The van der Waals surface area contributed by atoms with Crippen LogP contribution in [0.4, 0.5) is 17.6 Å². The molecule has 0 radical (unpaired) electrons. The lowest BCUT2D eigenvalue weighted by Crippen LogP contribution is -2.29. The number of nitrogens with one attached hydrogen (secondary N) is 1. The minimum Gasteiger partial charge on any atom is -0.491 e. The molecule has 2 rings (SSSR count). The highest BCUT2D eigenvalue weighted by atomic mass is 35.5. The van der Waals surface area contributed by atoms with Crippen molar-refractivity contribution >= 4 is 21.6 Å². The first-order valence-corrected chi connectivity index (χ1v) is 8.64. The quantitative estimate of drug-likeness (QED) is 0.614. The van der Waals surface area contributed by atoms with Crippen molar-refractivity contribution in [2.24, 2.45) is 0 Å². The van der Waals surface area contributed by atoms with E-state index in [1.165, 1.54) is 19.1 Å². The van der Waals surface area contributed by atoms with Gasteiger partial charge in [-0.3, -0.25) is 0 Å². The fourth-order valence-electron chi connectivity index (χ4n) is 2.19. The van der Waals surface area contributed by atoms with Crippen LogP contribution in [-0.2, 0) is 10.0 Å². The molecule has 1 unspecified atom stereocenters. The molecule has 0 aliphatic carbocycles. The van der Waals surface area contributed by atoms with Crippen molar-refractivity contribution in [2.75, 3.05) is 7.11 Å². The Kier molecular flexibility index (Phi) is 5.60. The van der Waals surface area contributed by atoms with Crippen LogP contribution in [0.25, 0.3) is 0 Å². The molecule has 2 aromatic rings. The van der Waals surface area contributed by atoms with Crippen molar-refractivity contribution in [1.82, 2.24) is 4.72 Å². The van der Waals surface area contributed by atoms with Crippen LogP contribution in [0, 0.1) is 23.3 Å². The van der Waals surface area contributed by atoms with Gasteiger partial charge in [0.2, 0.25) is 21.7 Å². The van der Waals surface area contributed by atoms with Crippen LogP contribution in [0.2, 0.25) is 5.02 Å². The van der Waals surface area contributed by atoms with Crippen LogP contribution in [-0.4, -0.2) is 15.5 Å². The first-order chi connectivity index (χ1) is 11.6. The van der Waals surface area contributed by atoms with Gasteiger partial charge in [-0.1, -0.05) is 29.8 Å². The molecule has 0 bridgehead atoms. The summed E-state index contributed by atoms with van der Waals surface area (Å²) < 4.78 is 86.2. The monoisotopic (exact) mass is 397 g/mol. The van der Waals surface area contributed by atoms with E-state index in [4.69, 9.17) is 11.6 Å². The third-order valence-corrected chi connectivity index (χ3v) is 5.26. The lowest BCUT2D eigenvalue weighted by Gasteiger charge is -2.17. The lowest BCUT2D eigenvalue weighted by molar-refractivity contribution is 0.322. The van der Waals surface area contributed by atoms with E-state index < -0.39 is 50.0 Å². The van der Waals surface area contributed by atoms with Gasteiger partial charge in [-0.25, -0.2) is 21.9 Å². The molecule has 0 aliphatic rings. The number of hydrogen-bond donors (Lipinski definition) is 1. The fourth-order valence-corrected chi connectivity index (χ4v) is 3.85. The van der Waals surface area contributed by atoms with Gasteiger partial charge in [-0.2, -0.15) is 8.78 Å². The smallest absolute Gasteiger partial charge is 0.247 e.